The summed E-state index contributed by atoms with van der Waals surface area (Å²) in [7, 11) is 0. The number of esters is 1. The minimum atomic E-state index is -0.345. The van der Waals surface area contributed by atoms with E-state index in [9.17, 15) is 4.79 Å². The lowest BCUT2D eigenvalue weighted by molar-refractivity contribution is -0.130. The van der Waals surface area contributed by atoms with E-state index in [1.807, 2.05) is 84.9 Å². The van der Waals surface area contributed by atoms with Gasteiger partial charge in [0, 0.05) is 10.0 Å². The van der Waals surface area contributed by atoms with Crippen LogP contribution in [0.3, 0.4) is 0 Å². The molecule has 0 saturated heterocycles. The summed E-state index contributed by atoms with van der Waals surface area (Å²) in [5.74, 6) is 1.000. The van der Waals surface area contributed by atoms with Gasteiger partial charge >= 0.3 is 5.97 Å². The van der Waals surface area contributed by atoms with E-state index in [2.05, 4.69) is 15.9 Å². The van der Waals surface area contributed by atoms with Crippen molar-refractivity contribution in [2.75, 3.05) is 0 Å². The molecule has 4 heteroatoms. The zero-order chi connectivity index (χ0) is 19.3. The maximum absolute atomic E-state index is 12.2. The molecule has 0 spiro atoms. The van der Waals surface area contributed by atoms with Gasteiger partial charge in [-0.3, -0.25) is 0 Å². The van der Waals surface area contributed by atoms with Crippen molar-refractivity contribution in [1.82, 2.24) is 0 Å². The highest BCUT2D eigenvalue weighted by molar-refractivity contribution is 9.10. The highest BCUT2D eigenvalue weighted by atomic mass is 79.9. The van der Waals surface area contributed by atoms with Gasteiger partial charge in [-0.25, -0.2) is 4.79 Å². The van der Waals surface area contributed by atoms with Crippen molar-refractivity contribution in [2.24, 2.45) is 0 Å². The van der Waals surface area contributed by atoms with Crippen LogP contribution in [0.15, 0.2) is 95.0 Å². The molecule has 0 saturated carbocycles. The summed E-state index contributed by atoms with van der Waals surface area (Å²) >= 11 is 3.40. The number of hydrogen-bond acceptors (Lipinski definition) is 3. The minimum absolute atomic E-state index is 0.345. The second-order valence-electron chi connectivity index (χ2n) is 6.35. The average molecular weight is 433 g/mol. The normalized spacial score (nSPS) is 14.7. The minimum Gasteiger partial charge on any atom is -0.489 e. The zero-order valence-corrected chi connectivity index (χ0v) is 16.6. The monoisotopic (exact) mass is 432 g/mol. The molecule has 138 valence electrons. The smallest absolute Gasteiger partial charge is 0.343 e. The maximum Gasteiger partial charge on any atom is 0.343 e. The van der Waals surface area contributed by atoms with Crippen LogP contribution in [0.1, 0.15) is 16.7 Å². The predicted molar refractivity (Wildman–Crippen MR) is 113 cm³/mol. The third kappa shape index (κ3) is 4.41. The Balaban J connectivity index is 1.46. The van der Waals surface area contributed by atoms with Crippen molar-refractivity contribution < 1.29 is 14.3 Å². The van der Waals surface area contributed by atoms with Crippen LogP contribution in [-0.4, -0.2) is 5.97 Å². The van der Waals surface area contributed by atoms with Gasteiger partial charge in [-0.1, -0.05) is 70.5 Å². The van der Waals surface area contributed by atoms with Gasteiger partial charge in [0.05, 0.1) is 5.57 Å². The molecule has 0 atom stereocenters. The fourth-order valence-electron chi connectivity index (χ4n) is 2.83. The lowest BCUT2D eigenvalue weighted by Crippen LogP contribution is -1.97. The van der Waals surface area contributed by atoms with E-state index in [1.165, 1.54) is 0 Å². The number of carbonyl (C=O) groups is 1. The lowest BCUT2D eigenvalue weighted by Gasteiger charge is -2.06. The second kappa shape index (κ2) is 8.28. The molecule has 0 bridgehead atoms. The number of benzene rings is 3. The first-order valence-electron chi connectivity index (χ1n) is 8.86. The number of ether oxygens (including phenoxy) is 2. The molecule has 0 amide bonds. The van der Waals surface area contributed by atoms with Crippen LogP contribution in [0.4, 0.5) is 0 Å². The molecule has 0 N–H and O–H groups in total. The molecule has 0 unspecified atom stereocenters. The van der Waals surface area contributed by atoms with E-state index in [0.29, 0.717) is 17.9 Å². The third-order valence-corrected chi connectivity index (χ3v) is 4.83. The summed E-state index contributed by atoms with van der Waals surface area (Å²) in [6.07, 6.45) is 3.58. The molecule has 0 radical (unpaired) electrons. The van der Waals surface area contributed by atoms with Gasteiger partial charge in [0.25, 0.3) is 0 Å². The van der Waals surface area contributed by atoms with Crippen LogP contribution in [0.25, 0.3) is 11.8 Å². The van der Waals surface area contributed by atoms with Crippen LogP contribution in [0, 0.1) is 0 Å². The van der Waals surface area contributed by atoms with E-state index in [4.69, 9.17) is 9.47 Å². The highest BCUT2D eigenvalue weighted by Crippen LogP contribution is 2.28. The molecule has 1 aliphatic rings. The number of hydrogen-bond donors (Lipinski definition) is 0. The second-order valence-corrected chi connectivity index (χ2v) is 7.26. The zero-order valence-electron chi connectivity index (χ0n) is 15.0. The predicted octanol–water partition coefficient (Wildman–Crippen LogP) is 6.01. The van der Waals surface area contributed by atoms with Crippen molar-refractivity contribution in [1.29, 1.82) is 0 Å². The Bertz CT molecular complexity index is 1030. The summed E-state index contributed by atoms with van der Waals surface area (Å²) < 4.78 is 12.2. The number of carbonyl (C=O) groups excluding carboxylic acids is 1. The summed E-state index contributed by atoms with van der Waals surface area (Å²) in [6.45, 7) is 0.521. The molecule has 3 aromatic carbocycles. The SMILES string of the molecule is O=C1OC(c2ccc(Br)cc2)=C/C1=C/c1ccc(OCc2ccccc2)cc1. The molecule has 4 rings (SSSR count). The molecular formula is C24H17BrO3. The average Bonchev–Trinajstić information content (AvgIpc) is 3.09. The van der Waals surface area contributed by atoms with Crippen molar-refractivity contribution in [2.45, 2.75) is 6.61 Å². The third-order valence-electron chi connectivity index (χ3n) is 4.30. The van der Waals surface area contributed by atoms with E-state index >= 15 is 0 Å². The Hall–Kier alpha value is -3.11. The summed E-state index contributed by atoms with van der Waals surface area (Å²) in [6, 6.07) is 25.3. The standard InChI is InChI=1S/C24H17BrO3/c25-21-10-8-19(9-11-21)23-15-20(24(26)28-23)14-17-6-12-22(13-7-17)27-16-18-4-2-1-3-5-18/h1-15H,16H2/b20-14-. The fraction of sp³-hybridized carbons (Fsp3) is 0.0417. The molecule has 0 fully saturated rings. The summed E-state index contributed by atoms with van der Waals surface area (Å²) in [4.78, 5) is 12.2. The Labute approximate surface area is 172 Å². The van der Waals surface area contributed by atoms with Crippen LogP contribution >= 0.6 is 15.9 Å². The van der Waals surface area contributed by atoms with Crippen molar-refractivity contribution in [3.63, 3.8) is 0 Å². The van der Waals surface area contributed by atoms with E-state index in [-0.39, 0.29) is 5.97 Å². The Kier molecular flexibility index (Phi) is 5.40. The topological polar surface area (TPSA) is 35.5 Å². The van der Waals surface area contributed by atoms with Crippen LogP contribution in [-0.2, 0) is 16.1 Å². The van der Waals surface area contributed by atoms with E-state index in [1.54, 1.807) is 6.08 Å². The Morgan fingerprint density at radius 3 is 2.32 bits per heavy atom. The number of halogens is 1. The van der Waals surface area contributed by atoms with Gasteiger partial charge in [0.15, 0.2) is 0 Å². The largest absolute Gasteiger partial charge is 0.489 e. The molecule has 0 aliphatic carbocycles. The quantitative estimate of drug-likeness (QED) is 0.365. The molecule has 0 aromatic heterocycles. The van der Waals surface area contributed by atoms with Crippen LogP contribution < -0.4 is 4.74 Å². The lowest BCUT2D eigenvalue weighted by atomic mass is 10.1. The highest BCUT2D eigenvalue weighted by Gasteiger charge is 2.21. The molecule has 1 heterocycles. The molecule has 28 heavy (non-hydrogen) atoms. The summed E-state index contributed by atoms with van der Waals surface area (Å²) in [5.41, 5.74) is 3.42. The molecular weight excluding hydrogens is 416 g/mol. The van der Waals surface area contributed by atoms with Gasteiger partial charge in [0.2, 0.25) is 0 Å². The molecule has 3 nitrogen and oxygen atoms in total. The van der Waals surface area contributed by atoms with E-state index in [0.717, 1.165) is 26.9 Å². The first kappa shape index (κ1) is 18.3. The van der Waals surface area contributed by atoms with E-state index < -0.39 is 0 Å². The van der Waals surface area contributed by atoms with Gasteiger partial charge < -0.3 is 9.47 Å². The Morgan fingerprint density at radius 1 is 0.893 bits per heavy atom. The van der Waals surface area contributed by atoms with Gasteiger partial charge in [-0.2, -0.15) is 0 Å². The summed E-state index contributed by atoms with van der Waals surface area (Å²) in [5, 5.41) is 0. The van der Waals surface area contributed by atoms with Gasteiger partial charge in [0.1, 0.15) is 18.1 Å². The molecule has 3 aromatic rings. The van der Waals surface area contributed by atoms with Crippen LogP contribution in [0.2, 0.25) is 0 Å². The van der Waals surface area contributed by atoms with Gasteiger partial charge in [-0.15, -0.1) is 0 Å². The van der Waals surface area contributed by atoms with Gasteiger partial charge in [-0.05, 0) is 47.5 Å². The van der Waals surface area contributed by atoms with Crippen molar-refractivity contribution in [3.8, 4) is 5.75 Å². The Morgan fingerprint density at radius 2 is 1.61 bits per heavy atom. The van der Waals surface area contributed by atoms with Crippen molar-refractivity contribution in [3.05, 3.63) is 112 Å². The first-order valence-corrected chi connectivity index (χ1v) is 9.65. The van der Waals surface area contributed by atoms with Crippen molar-refractivity contribution >= 4 is 33.7 Å². The first-order chi connectivity index (χ1) is 13.7. The number of cyclic esters (lactones) is 1. The van der Waals surface area contributed by atoms with Crippen LogP contribution in [0.5, 0.6) is 5.75 Å². The number of rotatable bonds is 5. The maximum atomic E-state index is 12.2. The fourth-order valence-corrected chi connectivity index (χ4v) is 3.09. The molecule has 1 aliphatic heterocycles.